The summed E-state index contributed by atoms with van der Waals surface area (Å²) in [7, 11) is 0. The molecule has 2 aliphatic heterocycles. The van der Waals surface area contributed by atoms with E-state index in [4.69, 9.17) is 32.7 Å². The summed E-state index contributed by atoms with van der Waals surface area (Å²) in [6.45, 7) is 1.90. The fourth-order valence-electron chi connectivity index (χ4n) is 3.47. The maximum atomic E-state index is 13.1. The highest BCUT2D eigenvalue weighted by Crippen LogP contribution is 2.32. The lowest BCUT2D eigenvalue weighted by Gasteiger charge is -2.27. The van der Waals surface area contributed by atoms with Crippen molar-refractivity contribution in [3.8, 4) is 5.75 Å². The van der Waals surface area contributed by atoms with Crippen LogP contribution in [-0.4, -0.2) is 61.6 Å². The normalized spacial score (nSPS) is 17.6. The largest absolute Gasteiger partial charge is 0.483 e. The van der Waals surface area contributed by atoms with Crippen LogP contribution in [0.2, 0.25) is 10.0 Å². The average molecular weight is 583 g/mol. The van der Waals surface area contributed by atoms with Crippen molar-refractivity contribution in [2.24, 2.45) is 0 Å². The molecule has 2 aliphatic rings. The van der Waals surface area contributed by atoms with Crippen molar-refractivity contribution >= 4 is 74.6 Å². The smallest absolute Gasteiger partial charge is 0.335 e. The lowest BCUT2D eigenvalue weighted by Crippen LogP contribution is -2.54. The van der Waals surface area contributed by atoms with Crippen LogP contribution in [0.1, 0.15) is 5.56 Å². The van der Waals surface area contributed by atoms with Crippen LogP contribution >= 0.6 is 39.1 Å². The van der Waals surface area contributed by atoms with Crippen LogP contribution in [-0.2, 0) is 19.1 Å². The minimum Gasteiger partial charge on any atom is -0.483 e. The first-order chi connectivity index (χ1) is 16.7. The van der Waals surface area contributed by atoms with E-state index in [1.165, 1.54) is 24.3 Å². The lowest BCUT2D eigenvalue weighted by molar-refractivity contribution is -0.137. The summed E-state index contributed by atoms with van der Waals surface area (Å²) in [4.78, 5) is 52.6. The number of amides is 5. The van der Waals surface area contributed by atoms with Gasteiger partial charge in [-0.05, 0) is 57.9 Å². The molecular weight excluding hydrogens is 565 g/mol. The average Bonchev–Trinajstić information content (AvgIpc) is 2.82. The number of carbonyl (C=O) groups is 4. The molecule has 1 N–H and O–H groups in total. The van der Waals surface area contributed by atoms with Crippen LogP contribution < -0.4 is 15.0 Å². The molecule has 12 heteroatoms. The van der Waals surface area contributed by atoms with Gasteiger partial charge in [-0.1, -0.05) is 29.3 Å². The predicted molar refractivity (Wildman–Crippen MR) is 132 cm³/mol. The van der Waals surface area contributed by atoms with Gasteiger partial charge in [-0.3, -0.25) is 19.7 Å². The molecule has 0 atom stereocenters. The van der Waals surface area contributed by atoms with Gasteiger partial charge in [0.25, 0.3) is 17.7 Å². The van der Waals surface area contributed by atoms with E-state index in [2.05, 4.69) is 21.2 Å². The van der Waals surface area contributed by atoms with Crippen molar-refractivity contribution in [1.29, 1.82) is 0 Å². The summed E-state index contributed by atoms with van der Waals surface area (Å²) in [5.41, 5.74) is 0.309. The number of hydrogen-bond acceptors (Lipinski definition) is 6. The van der Waals surface area contributed by atoms with Gasteiger partial charge >= 0.3 is 6.03 Å². The second kappa shape index (κ2) is 10.8. The van der Waals surface area contributed by atoms with E-state index in [1.807, 2.05) is 0 Å². The molecule has 35 heavy (non-hydrogen) atoms. The maximum absolute atomic E-state index is 13.1. The zero-order valence-electron chi connectivity index (χ0n) is 18.1. The summed E-state index contributed by atoms with van der Waals surface area (Å²) in [6, 6.07) is 8.20. The predicted octanol–water partition coefficient (Wildman–Crippen LogP) is 3.66. The molecular formula is C23H18BrCl2N3O6. The van der Waals surface area contributed by atoms with E-state index in [1.54, 1.807) is 23.1 Å². The number of nitrogens with one attached hydrogen (secondary N) is 1. The standard InChI is InChI=1S/C23H18BrCl2N3O6/c24-16-10-13(1-4-19(16)35-12-20(30)28-5-7-34-8-6-28)9-15-21(31)27-23(33)29(22(15)32)18-3-2-14(25)11-17(18)26/h1-4,9-11H,5-8,12H2,(H,27,31,33)/b15-9+. The number of barbiturate groups is 1. The first-order valence-electron chi connectivity index (χ1n) is 10.4. The summed E-state index contributed by atoms with van der Waals surface area (Å²) in [6.07, 6.45) is 1.34. The Morgan fingerprint density at radius 2 is 1.86 bits per heavy atom. The van der Waals surface area contributed by atoms with E-state index >= 15 is 0 Å². The van der Waals surface area contributed by atoms with Gasteiger partial charge < -0.3 is 14.4 Å². The van der Waals surface area contributed by atoms with Gasteiger partial charge in [0, 0.05) is 18.1 Å². The molecule has 182 valence electrons. The van der Waals surface area contributed by atoms with E-state index in [0.29, 0.717) is 47.1 Å². The molecule has 2 aromatic rings. The summed E-state index contributed by atoms with van der Waals surface area (Å²) >= 11 is 15.4. The molecule has 9 nitrogen and oxygen atoms in total. The highest BCUT2D eigenvalue weighted by atomic mass is 79.9. The zero-order chi connectivity index (χ0) is 25.1. The molecule has 0 radical (unpaired) electrons. The molecule has 0 aromatic heterocycles. The van der Waals surface area contributed by atoms with E-state index in [0.717, 1.165) is 4.90 Å². The molecule has 2 saturated heterocycles. The number of halogens is 3. The molecule has 4 rings (SSSR count). The van der Waals surface area contributed by atoms with Crippen molar-refractivity contribution in [3.63, 3.8) is 0 Å². The molecule has 0 bridgehead atoms. The summed E-state index contributed by atoms with van der Waals surface area (Å²) in [5, 5.41) is 2.54. The molecule has 2 heterocycles. The third-order valence-electron chi connectivity index (χ3n) is 5.23. The van der Waals surface area contributed by atoms with Crippen LogP contribution in [0.25, 0.3) is 6.08 Å². The van der Waals surface area contributed by atoms with Crippen LogP contribution in [0.15, 0.2) is 46.4 Å². The first kappa shape index (κ1) is 25.2. The SMILES string of the molecule is O=C1NC(=O)N(c2ccc(Cl)cc2Cl)C(=O)/C1=C/c1ccc(OCC(=O)N2CCOCC2)c(Br)c1. The van der Waals surface area contributed by atoms with Gasteiger partial charge in [-0.25, -0.2) is 9.69 Å². The Labute approximate surface area is 218 Å². The molecule has 2 aromatic carbocycles. The van der Waals surface area contributed by atoms with Gasteiger partial charge in [0.1, 0.15) is 11.3 Å². The van der Waals surface area contributed by atoms with Crippen molar-refractivity contribution in [2.75, 3.05) is 37.8 Å². The van der Waals surface area contributed by atoms with E-state index in [-0.39, 0.29) is 28.8 Å². The second-order valence-electron chi connectivity index (χ2n) is 7.53. The molecule has 5 amide bonds. The summed E-state index contributed by atoms with van der Waals surface area (Å²) in [5.74, 6) is -1.41. The number of rotatable bonds is 5. The number of morpholine rings is 1. The van der Waals surface area contributed by atoms with Crippen LogP contribution in [0.5, 0.6) is 5.75 Å². The maximum Gasteiger partial charge on any atom is 0.335 e. The Hall–Kier alpha value is -2.92. The van der Waals surface area contributed by atoms with Gasteiger partial charge in [-0.2, -0.15) is 0 Å². The van der Waals surface area contributed by atoms with Crippen LogP contribution in [0.3, 0.4) is 0 Å². The monoisotopic (exact) mass is 581 g/mol. The number of benzene rings is 2. The minimum atomic E-state index is -0.920. The number of hydrogen-bond donors (Lipinski definition) is 1. The quantitative estimate of drug-likeness (QED) is 0.426. The molecule has 0 saturated carbocycles. The Bertz CT molecular complexity index is 1250. The number of anilines is 1. The highest BCUT2D eigenvalue weighted by molar-refractivity contribution is 9.10. The lowest BCUT2D eigenvalue weighted by atomic mass is 10.1. The van der Waals surface area contributed by atoms with E-state index < -0.39 is 17.8 Å². The Kier molecular flexibility index (Phi) is 7.75. The fourth-order valence-corrected chi connectivity index (χ4v) is 4.48. The number of urea groups is 1. The van der Waals surface area contributed by atoms with Gasteiger partial charge in [0.2, 0.25) is 0 Å². The molecule has 0 aliphatic carbocycles. The molecule has 0 spiro atoms. The van der Waals surface area contributed by atoms with Crippen molar-refractivity contribution in [1.82, 2.24) is 10.2 Å². The number of imide groups is 2. The van der Waals surface area contributed by atoms with Crippen molar-refractivity contribution in [3.05, 3.63) is 62.1 Å². The first-order valence-corrected chi connectivity index (χ1v) is 11.9. The fraction of sp³-hybridized carbons (Fsp3) is 0.217. The summed E-state index contributed by atoms with van der Waals surface area (Å²) < 4.78 is 11.4. The second-order valence-corrected chi connectivity index (χ2v) is 9.22. The Morgan fingerprint density at radius 3 is 2.54 bits per heavy atom. The third-order valence-corrected chi connectivity index (χ3v) is 6.39. The van der Waals surface area contributed by atoms with Gasteiger partial charge in [0.05, 0.1) is 28.4 Å². The minimum absolute atomic E-state index is 0.0746. The number of nitrogens with zero attached hydrogens (tertiary/aromatic N) is 2. The van der Waals surface area contributed by atoms with Gasteiger partial charge in [-0.15, -0.1) is 0 Å². The topological polar surface area (TPSA) is 105 Å². The van der Waals surface area contributed by atoms with E-state index in [9.17, 15) is 19.2 Å². The Morgan fingerprint density at radius 1 is 1.11 bits per heavy atom. The van der Waals surface area contributed by atoms with Crippen LogP contribution in [0.4, 0.5) is 10.5 Å². The van der Waals surface area contributed by atoms with Crippen molar-refractivity contribution < 1.29 is 28.7 Å². The zero-order valence-corrected chi connectivity index (χ0v) is 21.2. The van der Waals surface area contributed by atoms with Gasteiger partial charge in [0.15, 0.2) is 6.61 Å². The highest BCUT2D eigenvalue weighted by Gasteiger charge is 2.37. The Balaban J connectivity index is 1.52. The van der Waals surface area contributed by atoms with Crippen LogP contribution in [0, 0.1) is 0 Å². The molecule has 0 unspecified atom stereocenters. The number of carbonyl (C=O) groups excluding carboxylic acids is 4. The van der Waals surface area contributed by atoms with Crippen molar-refractivity contribution in [2.45, 2.75) is 0 Å². The molecule has 2 fully saturated rings. The third kappa shape index (κ3) is 5.67. The number of ether oxygens (including phenoxy) is 2.